The molecule has 0 bridgehead atoms. The molecular formula is C26H25F3N3O5P. The van der Waals surface area contributed by atoms with Crippen molar-refractivity contribution in [2.75, 3.05) is 4.90 Å². The zero-order valence-electron chi connectivity index (χ0n) is 21.0. The summed E-state index contributed by atoms with van der Waals surface area (Å²) in [7, 11) is 3.00. The summed E-state index contributed by atoms with van der Waals surface area (Å²) >= 11 is 0. The topological polar surface area (TPSA) is 109 Å². The Hall–Kier alpha value is -3.90. The highest BCUT2D eigenvalue weighted by Crippen LogP contribution is 2.44. The number of benzene rings is 2. The van der Waals surface area contributed by atoms with Crippen LogP contribution in [0.3, 0.4) is 0 Å². The predicted molar refractivity (Wildman–Crippen MR) is 135 cm³/mol. The van der Waals surface area contributed by atoms with Crippen LogP contribution in [0.5, 0.6) is 0 Å². The Kier molecular flexibility index (Phi) is 8.18. The number of ether oxygens (including phenoxy) is 2. The Balaban J connectivity index is 2.14. The second kappa shape index (κ2) is 10.8. The second-order valence-corrected chi connectivity index (χ2v) is 10.1. The van der Waals surface area contributed by atoms with Crippen LogP contribution in [0.25, 0.3) is 0 Å². The molecule has 0 fully saturated rings. The number of rotatable bonds is 5. The molecule has 2 aromatic rings. The van der Waals surface area contributed by atoms with Crippen molar-refractivity contribution in [1.82, 2.24) is 5.32 Å². The lowest BCUT2D eigenvalue weighted by Gasteiger charge is -2.27. The zero-order chi connectivity index (χ0) is 28.4. The van der Waals surface area contributed by atoms with Crippen LogP contribution in [0.4, 0.5) is 23.7 Å². The molecule has 12 heteroatoms. The molecule has 0 spiro atoms. The molecule has 2 aromatic carbocycles. The number of alkyl halides is 2. The van der Waals surface area contributed by atoms with E-state index < -0.39 is 53.3 Å². The molecule has 1 aliphatic heterocycles. The number of nitrogens with one attached hydrogen (secondary N) is 1. The first kappa shape index (κ1) is 28.7. The monoisotopic (exact) mass is 547 g/mol. The summed E-state index contributed by atoms with van der Waals surface area (Å²) in [5.74, 6) is -6.57. The third-order valence-corrected chi connectivity index (χ3v) is 5.77. The SMILES string of the molecule is CC(=O)OC(=P)c1cc2c(cc1F)C(F)(F)CC(NC(=O)OC(C)(C)C)C(=O)N2Cc1ccc(C#N)cc1. The first-order valence-electron chi connectivity index (χ1n) is 11.4. The minimum absolute atomic E-state index is 0.254. The minimum Gasteiger partial charge on any atom is -0.444 e. The number of hydrogen-bond donors (Lipinski definition) is 1. The van der Waals surface area contributed by atoms with Gasteiger partial charge < -0.3 is 19.7 Å². The summed E-state index contributed by atoms with van der Waals surface area (Å²) in [6.45, 7) is 5.54. The van der Waals surface area contributed by atoms with E-state index in [4.69, 9.17) is 14.7 Å². The van der Waals surface area contributed by atoms with Gasteiger partial charge in [-0.3, -0.25) is 9.59 Å². The molecule has 8 nitrogen and oxygen atoms in total. The summed E-state index contributed by atoms with van der Waals surface area (Å²) in [5.41, 5.74) is -2.03. The van der Waals surface area contributed by atoms with Gasteiger partial charge in [-0.05, 0) is 50.6 Å². The number of nitriles is 1. The molecule has 1 unspecified atom stereocenters. The van der Waals surface area contributed by atoms with E-state index in [-0.39, 0.29) is 23.3 Å². The summed E-state index contributed by atoms with van der Waals surface area (Å²) in [4.78, 5) is 38.4. The van der Waals surface area contributed by atoms with Gasteiger partial charge in [0.25, 0.3) is 5.92 Å². The van der Waals surface area contributed by atoms with Gasteiger partial charge in [-0.25, -0.2) is 18.0 Å². The van der Waals surface area contributed by atoms with Crippen molar-refractivity contribution in [3.05, 3.63) is 64.5 Å². The Bertz CT molecular complexity index is 1330. The van der Waals surface area contributed by atoms with Gasteiger partial charge in [-0.15, -0.1) is 0 Å². The van der Waals surface area contributed by atoms with Gasteiger partial charge in [-0.1, -0.05) is 21.0 Å². The average molecular weight is 547 g/mol. The lowest BCUT2D eigenvalue weighted by atomic mass is 9.99. The first-order chi connectivity index (χ1) is 17.6. The van der Waals surface area contributed by atoms with Gasteiger partial charge in [0.2, 0.25) is 5.91 Å². The maximum atomic E-state index is 15.5. The largest absolute Gasteiger partial charge is 0.444 e. The number of anilines is 1. The van der Waals surface area contributed by atoms with Gasteiger partial charge >= 0.3 is 12.1 Å². The van der Waals surface area contributed by atoms with Crippen LogP contribution in [0.1, 0.15) is 56.4 Å². The molecule has 38 heavy (non-hydrogen) atoms. The van der Waals surface area contributed by atoms with Crippen LogP contribution >= 0.6 is 8.86 Å². The molecule has 3 rings (SSSR count). The third kappa shape index (κ3) is 6.69. The average Bonchev–Trinajstić information content (AvgIpc) is 2.86. The van der Waals surface area contributed by atoms with E-state index >= 15 is 8.78 Å². The number of hydrogen-bond acceptors (Lipinski definition) is 6. The number of nitrogens with zero attached hydrogens (tertiary/aromatic N) is 2. The maximum Gasteiger partial charge on any atom is 0.408 e. The lowest BCUT2D eigenvalue weighted by molar-refractivity contribution is -0.132. The van der Waals surface area contributed by atoms with Crippen molar-refractivity contribution < 1.29 is 37.0 Å². The number of carbonyl (C=O) groups is 3. The second-order valence-electron chi connectivity index (χ2n) is 9.61. The molecule has 0 saturated heterocycles. The van der Waals surface area contributed by atoms with Crippen molar-refractivity contribution >= 4 is 38.0 Å². The van der Waals surface area contributed by atoms with Crippen LogP contribution in [0.2, 0.25) is 0 Å². The Morgan fingerprint density at radius 2 is 1.87 bits per heavy atom. The normalized spacial score (nSPS) is 16.5. The van der Waals surface area contributed by atoms with Gasteiger partial charge in [-0.2, -0.15) is 5.26 Å². The number of amides is 2. The number of alkyl carbamates (subject to hydrolysis) is 1. The molecular weight excluding hydrogens is 522 g/mol. The number of esters is 1. The quantitative estimate of drug-likeness (QED) is 0.426. The van der Waals surface area contributed by atoms with Gasteiger partial charge in [0.15, 0.2) is 5.48 Å². The van der Waals surface area contributed by atoms with E-state index in [0.29, 0.717) is 17.2 Å². The van der Waals surface area contributed by atoms with Crippen LogP contribution in [-0.2, 0) is 31.5 Å². The zero-order valence-corrected chi connectivity index (χ0v) is 22.0. The summed E-state index contributed by atoms with van der Waals surface area (Å²) in [6.07, 6.45) is -2.23. The van der Waals surface area contributed by atoms with Crippen molar-refractivity contribution in [3.8, 4) is 6.07 Å². The van der Waals surface area contributed by atoms with Crippen LogP contribution < -0.4 is 10.2 Å². The Morgan fingerprint density at radius 3 is 2.42 bits per heavy atom. The molecule has 1 atom stereocenters. The minimum atomic E-state index is -3.75. The molecule has 1 N–H and O–H groups in total. The van der Waals surface area contributed by atoms with Gasteiger partial charge in [0.1, 0.15) is 17.5 Å². The van der Waals surface area contributed by atoms with Crippen molar-refractivity contribution in [2.24, 2.45) is 0 Å². The van der Waals surface area contributed by atoms with Crippen molar-refractivity contribution in [1.29, 1.82) is 5.26 Å². The molecule has 2 amide bonds. The molecule has 0 aliphatic carbocycles. The van der Waals surface area contributed by atoms with Crippen LogP contribution in [-0.4, -0.2) is 35.1 Å². The molecule has 0 aromatic heterocycles. The van der Waals surface area contributed by atoms with E-state index in [2.05, 4.69) is 14.2 Å². The van der Waals surface area contributed by atoms with E-state index in [9.17, 15) is 18.8 Å². The Morgan fingerprint density at radius 1 is 1.24 bits per heavy atom. The van der Waals surface area contributed by atoms with E-state index in [1.165, 1.54) is 24.3 Å². The lowest BCUT2D eigenvalue weighted by Crippen LogP contribution is -2.49. The standard InChI is InChI=1S/C26H25F3N3O5P/c1-14(33)36-23(38)17-9-21-18(10-19(17)27)26(28,29)11-20(31-24(35)37-25(2,3)4)22(34)32(21)13-16-7-5-15(12-30)6-8-16/h5-10,20,38H,11,13H2,1-4H3,(H,31,35). The summed E-state index contributed by atoms with van der Waals surface area (Å²) in [6, 6.07) is 7.84. The molecule has 1 aliphatic rings. The van der Waals surface area contributed by atoms with Crippen LogP contribution in [0.15, 0.2) is 36.4 Å². The van der Waals surface area contributed by atoms with Crippen LogP contribution in [0, 0.1) is 17.1 Å². The third-order valence-electron chi connectivity index (χ3n) is 5.40. The fraction of sp³-hybridized carbons (Fsp3) is 0.346. The Labute approximate surface area is 219 Å². The number of halogens is 3. The molecule has 0 radical (unpaired) electrons. The smallest absolute Gasteiger partial charge is 0.408 e. The van der Waals surface area contributed by atoms with Gasteiger partial charge in [0, 0.05) is 18.9 Å². The number of fused-ring (bicyclic) bond motifs is 1. The van der Waals surface area contributed by atoms with Crippen molar-refractivity contribution in [2.45, 2.75) is 58.2 Å². The maximum absolute atomic E-state index is 15.5. The fourth-order valence-electron chi connectivity index (χ4n) is 3.80. The van der Waals surface area contributed by atoms with E-state index in [1.807, 2.05) is 6.07 Å². The summed E-state index contributed by atoms with van der Waals surface area (Å²) in [5, 5.41) is 11.3. The van der Waals surface area contributed by atoms with E-state index in [0.717, 1.165) is 17.9 Å². The highest BCUT2D eigenvalue weighted by atomic mass is 31.0. The number of carbonyl (C=O) groups excluding carboxylic acids is 3. The first-order valence-corrected chi connectivity index (χ1v) is 11.9. The molecule has 1 heterocycles. The van der Waals surface area contributed by atoms with Crippen molar-refractivity contribution in [3.63, 3.8) is 0 Å². The highest BCUT2D eigenvalue weighted by molar-refractivity contribution is 7.21. The van der Waals surface area contributed by atoms with Gasteiger partial charge in [0.05, 0.1) is 29.4 Å². The molecule has 200 valence electrons. The predicted octanol–water partition coefficient (Wildman–Crippen LogP) is 4.80. The van der Waals surface area contributed by atoms with E-state index in [1.54, 1.807) is 20.8 Å². The summed E-state index contributed by atoms with van der Waals surface area (Å²) < 4.78 is 56.1. The molecule has 0 saturated carbocycles. The fourth-order valence-corrected chi connectivity index (χ4v) is 4.14. The highest BCUT2D eigenvalue weighted by Gasteiger charge is 2.47.